The fourth-order valence-corrected chi connectivity index (χ4v) is 5.65. The van der Waals surface area contributed by atoms with Crippen molar-refractivity contribution in [3.8, 4) is 17.0 Å². The summed E-state index contributed by atoms with van der Waals surface area (Å²) < 4.78 is 17.8. The van der Waals surface area contributed by atoms with Gasteiger partial charge in [-0.25, -0.2) is 24.5 Å². The van der Waals surface area contributed by atoms with Crippen molar-refractivity contribution in [1.82, 2.24) is 15.0 Å². The van der Waals surface area contributed by atoms with Gasteiger partial charge in [-0.05, 0) is 69.2 Å². The van der Waals surface area contributed by atoms with Crippen LogP contribution in [-0.2, 0) is 14.6 Å². The lowest BCUT2D eigenvalue weighted by molar-refractivity contribution is 0.0573. The molecule has 12 heteroatoms. The minimum atomic E-state index is -2.09. The van der Waals surface area contributed by atoms with Crippen molar-refractivity contribution >= 4 is 37.8 Å². The molecule has 2 N–H and O–H groups in total. The number of carboxylic acids is 1. The van der Waals surface area contributed by atoms with E-state index in [0.717, 1.165) is 11.1 Å². The van der Waals surface area contributed by atoms with Gasteiger partial charge in [-0.2, -0.15) is 0 Å². The molecule has 1 aliphatic rings. The molecule has 236 valence electrons. The maximum absolute atomic E-state index is 13.3. The zero-order valence-electron chi connectivity index (χ0n) is 27.2. The molecule has 3 aromatic rings. The first-order valence-corrected chi connectivity index (χ1v) is 17.4. The lowest BCUT2D eigenvalue weighted by atomic mass is 9.85. The van der Waals surface area contributed by atoms with Crippen LogP contribution in [0.25, 0.3) is 11.3 Å². The predicted molar refractivity (Wildman–Crippen MR) is 173 cm³/mol. The molecular formula is C32H43N5O6Si. The Morgan fingerprint density at radius 3 is 2.41 bits per heavy atom. The molecule has 0 aliphatic carbocycles. The molecule has 0 saturated carbocycles. The van der Waals surface area contributed by atoms with Gasteiger partial charge in [0.25, 0.3) is 0 Å². The van der Waals surface area contributed by atoms with Gasteiger partial charge in [0.15, 0.2) is 8.32 Å². The summed E-state index contributed by atoms with van der Waals surface area (Å²) >= 11 is 0. The summed E-state index contributed by atoms with van der Waals surface area (Å²) in [6.07, 6.45) is 2.86. The number of aromatic nitrogens is 3. The number of pyridine rings is 1. The van der Waals surface area contributed by atoms with Gasteiger partial charge in [0.2, 0.25) is 5.95 Å². The second-order valence-electron chi connectivity index (χ2n) is 13.9. The molecule has 0 fully saturated rings. The summed E-state index contributed by atoms with van der Waals surface area (Å²) in [5.74, 6) is 0.130. The largest absolute Gasteiger partial charge is 0.495 e. The van der Waals surface area contributed by atoms with Crippen LogP contribution in [0.15, 0.2) is 42.7 Å². The van der Waals surface area contributed by atoms with Crippen LogP contribution in [0.2, 0.25) is 18.1 Å². The van der Waals surface area contributed by atoms with Crippen LogP contribution in [0.4, 0.5) is 22.2 Å². The van der Waals surface area contributed by atoms with Crippen molar-refractivity contribution in [1.29, 1.82) is 0 Å². The molecule has 1 aromatic carbocycles. The lowest BCUT2D eigenvalue weighted by Crippen LogP contribution is -2.46. The molecule has 4 rings (SSSR count). The normalized spacial score (nSPS) is 16.8. The lowest BCUT2D eigenvalue weighted by Gasteiger charge is -2.39. The summed E-state index contributed by atoms with van der Waals surface area (Å²) in [6, 6.07) is 8.31. The maximum Gasteiger partial charge on any atom is 0.416 e. The van der Waals surface area contributed by atoms with Crippen LogP contribution in [0.1, 0.15) is 64.4 Å². The predicted octanol–water partition coefficient (Wildman–Crippen LogP) is 7.02. The number of ether oxygens (including phenoxy) is 2. The van der Waals surface area contributed by atoms with Crippen molar-refractivity contribution < 1.29 is 28.6 Å². The first kappa shape index (κ1) is 32.9. The van der Waals surface area contributed by atoms with Gasteiger partial charge in [-0.1, -0.05) is 27.7 Å². The molecule has 1 amide bonds. The third kappa shape index (κ3) is 7.02. The molecule has 0 saturated heterocycles. The molecule has 0 bridgehead atoms. The van der Waals surface area contributed by atoms with Gasteiger partial charge in [0.1, 0.15) is 17.2 Å². The number of nitrogens with one attached hydrogen (secondary N) is 1. The van der Waals surface area contributed by atoms with Crippen molar-refractivity contribution in [2.75, 3.05) is 30.5 Å². The molecule has 0 spiro atoms. The fourth-order valence-electron chi connectivity index (χ4n) is 4.54. The Morgan fingerprint density at radius 2 is 1.80 bits per heavy atom. The quantitative estimate of drug-likeness (QED) is 0.252. The molecule has 1 aliphatic heterocycles. The van der Waals surface area contributed by atoms with Crippen molar-refractivity contribution in [3.05, 3.63) is 53.9 Å². The number of aromatic carboxylic acids is 1. The summed E-state index contributed by atoms with van der Waals surface area (Å²) in [7, 11) is -0.631. The van der Waals surface area contributed by atoms with Gasteiger partial charge in [0.05, 0.1) is 24.1 Å². The van der Waals surface area contributed by atoms with E-state index in [0.29, 0.717) is 42.0 Å². The van der Waals surface area contributed by atoms with Gasteiger partial charge >= 0.3 is 12.1 Å². The highest BCUT2D eigenvalue weighted by molar-refractivity contribution is 6.74. The zero-order chi connectivity index (χ0) is 32.7. The second kappa shape index (κ2) is 11.8. The van der Waals surface area contributed by atoms with E-state index in [1.54, 1.807) is 29.4 Å². The third-order valence-electron chi connectivity index (χ3n) is 8.10. The number of nitrogens with zero attached hydrogens (tertiary/aromatic N) is 4. The number of anilines is 3. The number of carbonyl (C=O) groups excluding carboxylic acids is 1. The van der Waals surface area contributed by atoms with E-state index in [2.05, 4.69) is 51.1 Å². The van der Waals surface area contributed by atoms with Gasteiger partial charge < -0.3 is 24.3 Å². The molecular weight excluding hydrogens is 578 g/mol. The Hall–Kier alpha value is -4.03. The van der Waals surface area contributed by atoms with Crippen molar-refractivity contribution in [2.24, 2.45) is 0 Å². The highest BCUT2D eigenvalue weighted by Crippen LogP contribution is 2.44. The third-order valence-corrected chi connectivity index (χ3v) is 12.6. The van der Waals surface area contributed by atoms with E-state index >= 15 is 0 Å². The van der Waals surface area contributed by atoms with E-state index < -0.39 is 31.4 Å². The van der Waals surface area contributed by atoms with Crippen LogP contribution >= 0.6 is 0 Å². The van der Waals surface area contributed by atoms with Crippen LogP contribution < -0.4 is 15.0 Å². The summed E-state index contributed by atoms with van der Waals surface area (Å²) in [4.78, 5) is 40.1. The van der Waals surface area contributed by atoms with Gasteiger partial charge in [-0.15, -0.1) is 0 Å². The minimum absolute atomic E-state index is 0.0245. The fraction of sp³-hybridized carbons (Fsp3) is 0.469. The Labute approximate surface area is 260 Å². The highest BCUT2D eigenvalue weighted by atomic mass is 28.4. The number of rotatable bonds is 8. The Morgan fingerprint density at radius 1 is 1.09 bits per heavy atom. The number of carboxylic acid groups (broad SMARTS) is 1. The average molecular weight is 622 g/mol. The molecule has 44 heavy (non-hydrogen) atoms. The number of benzene rings is 1. The smallest absolute Gasteiger partial charge is 0.416 e. The minimum Gasteiger partial charge on any atom is -0.495 e. The molecule has 2 aromatic heterocycles. The SMILES string of the molecule is COc1cc(C(=O)O)ccc1Nc1nccc(-c2cnc3c(c2)C(C)(CO[Si](C)(C)C(C)(C)C)CN3C(=O)OC(C)(C)C)n1. The van der Waals surface area contributed by atoms with E-state index in [-0.39, 0.29) is 10.6 Å². The van der Waals surface area contributed by atoms with Gasteiger partial charge in [-0.3, -0.25) is 4.90 Å². The molecule has 1 atom stereocenters. The monoisotopic (exact) mass is 621 g/mol. The molecule has 3 heterocycles. The van der Waals surface area contributed by atoms with Crippen LogP contribution in [0, 0.1) is 0 Å². The van der Waals surface area contributed by atoms with Crippen LogP contribution in [0.3, 0.4) is 0 Å². The topological polar surface area (TPSA) is 136 Å². The molecule has 1 unspecified atom stereocenters. The van der Waals surface area contributed by atoms with E-state index in [1.807, 2.05) is 26.8 Å². The standard InChI is InChI=1S/C32H43N5O6Si/c1-30(2,3)43-29(40)37-18-32(7,19-42-44(9,10)31(4,5)6)22-15-21(17-34-26(22)37)23-13-14-33-28(35-23)36-24-12-11-20(27(38)39)16-25(24)41-8/h11-17H,18-19H2,1-10H3,(H,38,39)(H,33,35,36). The average Bonchev–Trinajstić information content (AvgIpc) is 3.23. The number of methoxy groups -OCH3 is 1. The Balaban J connectivity index is 1.70. The molecule has 0 radical (unpaired) electrons. The molecule has 11 nitrogen and oxygen atoms in total. The first-order chi connectivity index (χ1) is 20.3. The maximum atomic E-state index is 13.3. The van der Waals surface area contributed by atoms with E-state index in [1.165, 1.54) is 19.2 Å². The number of amides is 1. The number of fused-ring (bicyclic) bond motifs is 1. The van der Waals surface area contributed by atoms with Crippen LogP contribution in [-0.4, -0.2) is 66.3 Å². The van der Waals surface area contributed by atoms with E-state index in [9.17, 15) is 14.7 Å². The Bertz CT molecular complexity index is 1570. The number of hydrogen-bond acceptors (Lipinski definition) is 9. The summed E-state index contributed by atoms with van der Waals surface area (Å²) in [6.45, 7) is 19.4. The van der Waals surface area contributed by atoms with Crippen molar-refractivity contribution in [3.63, 3.8) is 0 Å². The number of hydrogen-bond donors (Lipinski definition) is 2. The number of carbonyl (C=O) groups is 2. The van der Waals surface area contributed by atoms with Gasteiger partial charge in [0, 0.05) is 42.1 Å². The van der Waals surface area contributed by atoms with Crippen molar-refractivity contribution in [2.45, 2.75) is 77.6 Å². The van der Waals surface area contributed by atoms with Crippen LogP contribution in [0.5, 0.6) is 5.75 Å². The van der Waals surface area contributed by atoms with E-state index in [4.69, 9.17) is 23.9 Å². The summed E-state index contributed by atoms with van der Waals surface area (Å²) in [5, 5.41) is 12.5. The second-order valence-corrected chi connectivity index (χ2v) is 18.7. The Kier molecular flexibility index (Phi) is 8.82. The highest BCUT2D eigenvalue weighted by Gasteiger charge is 2.47. The first-order valence-electron chi connectivity index (χ1n) is 14.5. The zero-order valence-corrected chi connectivity index (χ0v) is 28.2. The summed E-state index contributed by atoms with van der Waals surface area (Å²) in [5.41, 5.74) is 1.65.